The molecule has 1 atom stereocenters. The average Bonchev–Trinajstić information content (AvgIpc) is 2.90. The minimum absolute atomic E-state index is 0.240. The van der Waals surface area contributed by atoms with E-state index < -0.39 is 4.33 Å². The van der Waals surface area contributed by atoms with Crippen LogP contribution < -0.4 is 4.74 Å². The van der Waals surface area contributed by atoms with Gasteiger partial charge in [0.25, 0.3) is 0 Å². The van der Waals surface area contributed by atoms with Crippen molar-refractivity contribution in [2.75, 3.05) is 6.61 Å². The van der Waals surface area contributed by atoms with E-state index in [1.165, 1.54) is 10.8 Å². The fourth-order valence-electron chi connectivity index (χ4n) is 2.57. The number of aromatic amines is 1. The summed E-state index contributed by atoms with van der Waals surface area (Å²) in [6, 6.07) is 14.4. The van der Waals surface area contributed by atoms with E-state index in [0.29, 0.717) is 6.61 Å². The molecule has 0 radical (unpaired) electrons. The lowest BCUT2D eigenvalue weighted by molar-refractivity contribution is 0.299. The predicted octanol–water partition coefficient (Wildman–Crippen LogP) is 4.89. The summed E-state index contributed by atoms with van der Waals surface area (Å²) in [4.78, 5) is 3.41. The SMILES string of the molecule is ClC1(Cl)C[C@H]1COc1ccc2c(c1)[nH]c1ccccc12. The Labute approximate surface area is 126 Å². The quantitative estimate of drug-likeness (QED) is 0.684. The molecule has 0 saturated heterocycles. The second kappa shape index (κ2) is 4.31. The molecule has 0 bridgehead atoms. The van der Waals surface area contributed by atoms with Gasteiger partial charge in [-0.1, -0.05) is 18.2 Å². The van der Waals surface area contributed by atoms with Crippen LogP contribution >= 0.6 is 23.2 Å². The van der Waals surface area contributed by atoms with Gasteiger partial charge in [0, 0.05) is 28.3 Å². The van der Waals surface area contributed by atoms with Crippen molar-refractivity contribution in [3.05, 3.63) is 42.5 Å². The van der Waals surface area contributed by atoms with E-state index in [1.807, 2.05) is 24.3 Å². The van der Waals surface area contributed by atoms with Gasteiger partial charge in [-0.15, -0.1) is 23.2 Å². The fraction of sp³-hybridized carbons (Fsp3) is 0.250. The molecule has 2 aromatic carbocycles. The lowest BCUT2D eigenvalue weighted by atomic mass is 10.1. The summed E-state index contributed by atoms with van der Waals surface area (Å²) in [5.74, 6) is 1.09. The van der Waals surface area contributed by atoms with Crippen molar-refractivity contribution in [3.8, 4) is 5.75 Å². The van der Waals surface area contributed by atoms with E-state index in [9.17, 15) is 0 Å². The number of para-hydroxylation sites is 1. The minimum Gasteiger partial charge on any atom is -0.493 e. The average molecular weight is 306 g/mol. The number of fused-ring (bicyclic) bond motifs is 3. The third-order valence-electron chi connectivity index (χ3n) is 3.88. The van der Waals surface area contributed by atoms with Gasteiger partial charge in [-0.2, -0.15) is 0 Å². The molecule has 1 saturated carbocycles. The van der Waals surface area contributed by atoms with Gasteiger partial charge in [0.1, 0.15) is 10.1 Å². The molecule has 0 unspecified atom stereocenters. The highest BCUT2D eigenvalue weighted by Crippen LogP contribution is 2.53. The summed E-state index contributed by atoms with van der Waals surface area (Å²) >= 11 is 12.0. The normalized spacial score (nSPS) is 20.4. The number of ether oxygens (including phenoxy) is 1. The second-order valence-corrected chi connectivity index (χ2v) is 6.89. The van der Waals surface area contributed by atoms with Crippen LogP contribution in [0.5, 0.6) is 5.75 Å². The molecule has 1 aliphatic carbocycles. The zero-order valence-corrected chi connectivity index (χ0v) is 12.2. The Morgan fingerprint density at radius 1 is 1.10 bits per heavy atom. The Morgan fingerprint density at radius 2 is 1.85 bits per heavy atom. The molecule has 0 amide bonds. The van der Waals surface area contributed by atoms with Gasteiger partial charge in [-0.05, 0) is 24.6 Å². The van der Waals surface area contributed by atoms with Crippen LogP contribution in [0.2, 0.25) is 0 Å². The predicted molar refractivity (Wildman–Crippen MR) is 83.8 cm³/mol. The van der Waals surface area contributed by atoms with Crippen LogP contribution in [0.3, 0.4) is 0 Å². The summed E-state index contributed by atoms with van der Waals surface area (Å²) in [7, 11) is 0. The highest BCUT2D eigenvalue weighted by molar-refractivity contribution is 6.50. The molecule has 2 nitrogen and oxygen atoms in total. The van der Waals surface area contributed by atoms with Crippen LogP contribution in [0.4, 0.5) is 0 Å². The van der Waals surface area contributed by atoms with E-state index in [4.69, 9.17) is 27.9 Å². The number of halogens is 2. The summed E-state index contributed by atoms with van der Waals surface area (Å²) < 4.78 is 5.20. The Bertz CT molecular complexity index is 793. The molecule has 0 aliphatic heterocycles. The van der Waals surface area contributed by atoms with Crippen LogP contribution in [0.1, 0.15) is 6.42 Å². The maximum absolute atomic E-state index is 6.00. The first-order valence-electron chi connectivity index (χ1n) is 6.64. The van der Waals surface area contributed by atoms with Gasteiger partial charge < -0.3 is 9.72 Å². The third-order valence-corrected chi connectivity index (χ3v) is 4.81. The Hall–Kier alpha value is -1.38. The molecule has 4 rings (SSSR count). The number of benzene rings is 2. The van der Waals surface area contributed by atoms with E-state index in [-0.39, 0.29) is 5.92 Å². The van der Waals surface area contributed by atoms with Crippen molar-refractivity contribution < 1.29 is 4.74 Å². The molecule has 1 aliphatic rings. The number of nitrogens with one attached hydrogen (secondary N) is 1. The first-order chi connectivity index (χ1) is 9.63. The summed E-state index contributed by atoms with van der Waals surface area (Å²) in [5, 5.41) is 2.44. The Morgan fingerprint density at radius 3 is 2.65 bits per heavy atom. The van der Waals surface area contributed by atoms with E-state index in [2.05, 4.69) is 23.2 Å². The zero-order chi connectivity index (χ0) is 13.7. The van der Waals surface area contributed by atoms with Crippen LogP contribution in [-0.4, -0.2) is 15.9 Å². The number of rotatable bonds is 3. The minimum atomic E-state index is -0.578. The summed E-state index contributed by atoms with van der Waals surface area (Å²) in [6.45, 7) is 0.568. The second-order valence-electron chi connectivity index (χ2n) is 5.35. The highest BCUT2D eigenvalue weighted by atomic mass is 35.5. The summed E-state index contributed by atoms with van der Waals surface area (Å²) in [5.41, 5.74) is 2.23. The lowest BCUT2D eigenvalue weighted by Crippen LogP contribution is -2.04. The van der Waals surface area contributed by atoms with Crippen LogP contribution in [0.15, 0.2) is 42.5 Å². The smallest absolute Gasteiger partial charge is 0.125 e. The van der Waals surface area contributed by atoms with E-state index in [0.717, 1.165) is 23.2 Å². The maximum Gasteiger partial charge on any atom is 0.125 e. The molecule has 1 aromatic heterocycles. The first-order valence-corrected chi connectivity index (χ1v) is 7.40. The van der Waals surface area contributed by atoms with Crippen molar-refractivity contribution in [3.63, 3.8) is 0 Å². The van der Waals surface area contributed by atoms with Crippen molar-refractivity contribution in [1.29, 1.82) is 0 Å². The van der Waals surface area contributed by atoms with Crippen LogP contribution in [0, 0.1) is 5.92 Å². The molecule has 20 heavy (non-hydrogen) atoms. The molecular formula is C16H13Cl2NO. The van der Waals surface area contributed by atoms with Gasteiger partial charge in [0.05, 0.1) is 12.1 Å². The summed E-state index contributed by atoms with van der Waals surface area (Å²) in [6.07, 6.45) is 0.810. The van der Waals surface area contributed by atoms with Gasteiger partial charge in [-0.25, -0.2) is 0 Å². The van der Waals surface area contributed by atoms with Gasteiger partial charge in [-0.3, -0.25) is 0 Å². The third kappa shape index (κ3) is 2.04. The number of H-pyrrole nitrogens is 1. The van der Waals surface area contributed by atoms with Crippen molar-refractivity contribution in [1.82, 2.24) is 4.98 Å². The molecule has 1 N–H and O–H groups in total. The molecular weight excluding hydrogens is 293 g/mol. The monoisotopic (exact) mass is 305 g/mol. The van der Waals surface area contributed by atoms with Crippen LogP contribution in [0.25, 0.3) is 21.8 Å². The zero-order valence-electron chi connectivity index (χ0n) is 10.7. The van der Waals surface area contributed by atoms with Crippen molar-refractivity contribution >= 4 is 45.0 Å². The lowest BCUT2D eigenvalue weighted by Gasteiger charge is -2.06. The van der Waals surface area contributed by atoms with Gasteiger partial charge in [0.2, 0.25) is 0 Å². The number of hydrogen-bond donors (Lipinski definition) is 1. The molecule has 1 heterocycles. The molecule has 0 spiro atoms. The van der Waals surface area contributed by atoms with Gasteiger partial charge in [0.15, 0.2) is 0 Å². The topological polar surface area (TPSA) is 25.0 Å². The van der Waals surface area contributed by atoms with Gasteiger partial charge >= 0.3 is 0 Å². The van der Waals surface area contributed by atoms with Crippen molar-refractivity contribution in [2.24, 2.45) is 5.92 Å². The van der Waals surface area contributed by atoms with Crippen molar-refractivity contribution in [2.45, 2.75) is 10.8 Å². The standard InChI is InChI=1S/C16H13Cl2NO/c17-16(18)8-10(16)9-20-11-5-6-13-12-3-1-2-4-14(12)19-15(13)7-11/h1-7,10,19H,8-9H2/t10-/m0/s1. The fourth-order valence-corrected chi connectivity index (χ4v) is 3.07. The highest BCUT2D eigenvalue weighted by Gasteiger charge is 2.52. The maximum atomic E-state index is 6.00. The number of hydrogen-bond acceptors (Lipinski definition) is 1. The molecule has 102 valence electrons. The molecule has 4 heteroatoms. The number of alkyl halides is 2. The van der Waals surface area contributed by atoms with E-state index >= 15 is 0 Å². The Kier molecular flexibility index (Phi) is 2.66. The van der Waals surface area contributed by atoms with Crippen LogP contribution in [-0.2, 0) is 0 Å². The molecule has 3 aromatic rings. The molecule has 1 fully saturated rings. The largest absolute Gasteiger partial charge is 0.493 e. The Balaban J connectivity index is 1.63. The first kappa shape index (κ1) is 12.4. The number of aromatic nitrogens is 1. The van der Waals surface area contributed by atoms with E-state index in [1.54, 1.807) is 0 Å².